The molecule has 0 bridgehead atoms. The first-order valence-electron chi connectivity index (χ1n) is 6.12. The number of hydrogen-bond donors (Lipinski definition) is 2. The molecule has 19 heavy (non-hydrogen) atoms. The zero-order chi connectivity index (χ0) is 13.2. The van der Waals surface area contributed by atoms with Crippen LogP contribution < -0.4 is 9.47 Å². The maximum absolute atomic E-state index is 9.81. The Hall–Kier alpha value is -2.36. The second kappa shape index (κ2) is 4.72. The summed E-state index contributed by atoms with van der Waals surface area (Å²) >= 11 is 0. The van der Waals surface area contributed by atoms with E-state index in [0.29, 0.717) is 11.5 Å². The van der Waals surface area contributed by atoms with Crippen molar-refractivity contribution in [1.82, 2.24) is 0 Å². The van der Waals surface area contributed by atoms with Crippen molar-refractivity contribution in [2.45, 2.75) is 12.8 Å². The number of phenolic OH excluding ortho intramolecular Hbond substituents is 2. The third-order valence-corrected chi connectivity index (χ3v) is 3.13. The summed E-state index contributed by atoms with van der Waals surface area (Å²) in [6.45, 7) is 0.152. The van der Waals surface area contributed by atoms with Crippen LogP contribution in [0, 0.1) is 0 Å². The Bertz CT molecular complexity index is 607. The molecule has 0 atom stereocenters. The number of phenols is 2. The van der Waals surface area contributed by atoms with Gasteiger partial charge in [-0.25, -0.2) is 0 Å². The predicted octanol–water partition coefficient (Wildman–Crippen LogP) is 2.61. The van der Waals surface area contributed by atoms with E-state index in [9.17, 15) is 10.2 Å². The Kier molecular flexibility index (Phi) is 2.91. The van der Waals surface area contributed by atoms with Crippen molar-refractivity contribution < 1.29 is 19.7 Å². The molecule has 0 saturated carbocycles. The highest BCUT2D eigenvalue weighted by molar-refractivity contribution is 5.54. The fourth-order valence-electron chi connectivity index (χ4n) is 2.19. The number of benzene rings is 2. The van der Waals surface area contributed by atoms with Crippen molar-refractivity contribution in [2.24, 2.45) is 0 Å². The third kappa shape index (κ3) is 2.42. The van der Waals surface area contributed by atoms with Gasteiger partial charge in [-0.2, -0.15) is 0 Å². The summed E-state index contributed by atoms with van der Waals surface area (Å²) in [5.74, 6) is 1.39. The third-order valence-electron chi connectivity index (χ3n) is 3.13. The molecule has 0 saturated heterocycles. The van der Waals surface area contributed by atoms with E-state index in [4.69, 9.17) is 9.47 Å². The number of aryl methyl sites for hydroxylation is 2. The molecule has 0 radical (unpaired) electrons. The van der Waals surface area contributed by atoms with Gasteiger partial charge in [0.05, 0.1) is 0 Å². The van der Waals surface area contributed by atoms with Crippen molar-refractivity contribution >= 4 is 0 Å². The fraction of sp³-hybridized carbons (Fsp3) is 0.200. The SMILES string of the molecule is Oc1cccc(CCc2cc(O)c3c(c2)OCO3)c1. The van der Waals surface area contributed by atoms with Crippen LogP contribution in [0.1, 0.15) is 11.1 Å². The molecule has 0 fully saturated rings. The molecule has 98 valence electrons. The van der Waals surface area contributed by atoms with Gasteiger partial charge in [0, 0.05) is 0 Å². The van der Waals surface area contributed by atoms with Crippen LogP contribution in [0.2, 0.25) is 0 Å². The zero-order valence-corrected chi connectivity index (χ0v) is 10.3. The van der Waals surface area contributed by atoms with Gasteiger partial charge in [-0.05, 0) is 48.2 Å². The minimum atomic E-state index is 0.112. The van der Waals surface area contributed by atoms with Crippen LogP contribution in [0.25, 0.3) is 0 Å². The van der Waals surface area contributed by atoms with Gasteiger partial charge < -0.3 is 19.7 Å². The van der Waals surface area contributed by atoms with Crippen LogP contribution in [-0.4, -0.2) is 17.0 Å². The average molecular weight is 258 g/mol. The van der Waals surface area contributed by atoms with Crippen LogP contribution in [0.15, 0.2) is 36.4 Å². The Morgan fingerprint density at radius 1 is 0.947 bits per heavy atom. The van der Waals surface area contributed by atoms with Gasteiger partial charge in [0.2, 0.25) is 12.5 Å². The lowest BCUT2D eigenvalue weighted by Crippen LogP contribution is -1.93. The second-order valence-corrected chi connectivity index (χ2v) is 4.52. The molecule has 0 unspecified atom stereocenters. The number of ether oxygens (including phenoxy) is 2. The molecule has 0 aromatic heterocycles. The van der Waals surface area contributed by atoms with Gasteiger partial charge in [0.15, 0.2) is 11.5 Å². The van der Waals surface area contributed by atoms with Crippen molar-refractivity contribution in [1.29, 1.82) is 0 Å². The molecule has 2 aromatic carbocycles. The standard InChI is InChI=1S/C15H14O4/c16-12-3-1-2-10(6-12)4-5-11-7-13(17)15-14(8-11)18-9-19-15/h1-3,6-8,16-17H,4-5,9H2. The fourth-order valence-corrected chi connectivity index (χ4v) is 2.19. The van der Waals surface area contributed by atoms with Crippen LogP contribution in [0.4, 0.5) is 0 Å². The first-order chi connectivity index (χ1) is 9.22. The number of fused-ring (bicyclic) bond motifs is 1. The molecule has 1 aliphatic rings. The zero-order valence-electron chi connectivity index (χ0n) is 10.3. The van der Waals surface area contributed by atoms with Gasteiger partial charge in [-0.15, -0.1) is 0 Å². The van der Waals surface area contributed by atoms with Crippen LogP contribution in [0.5, 0.6) is 23.0 Å². The van der Waals surface area contributed by atoms with E-state index >= 15 is 0 Å². The number of aromatic hydroxyl groups is 2. The number of hydrogen-bond acceptors (Lipinski definition) is 4. The Balaban J connectivity index is 1.76. The Labute approximate surface area is 110 Å². The highest BCUT2D eigenvalue weighted by Crippen LogP contribution is 2.41. The summed E-state index contributed by atoms with van der Waals surface area (Å²) in [5.41, 5.74) is 2.03. The Morgan fingerprint density at radius 3 is 2.63 bits per heavy atom. The maximum Gasteiger partial charge on any atom is 0.231 e. The molecular weight excluding hydrogens is 244 g/mol. The lowest BCUT2D eigenvalue weighted by molar-refractivity contribution is 0.171. The average Bonchev–Trinajstić information content (AvgIpc) is 2.85. The normalized spacial score (nSPS) is 12.6. The van der Waals surface area contributed by atoms with Gasteiger partial charge in [0.1, 0.15) is 5.75 Å². The minimum absolute atomic E-state index is 0.112. The molecule has 2 N–H and O–H groups in total. The second-order valence-electron chi connectivity index (χ2n) is 4.52. The van der Waals surface area contributed by atoms with Crippen LogP contribution in [0.3, 0.4) is 0 Å². The van der Waals surface area contributed by atoms with Gasteiger partial charge in [-0.1, -0.05) is 12.1 Å². The maximum atomic E-state index is 9.81. The molecule has 4 heteroatoms. The van der Waals surface area contributed by atoms with E-state index in [1.54, 1.807) is 18.2 Å². The predicted molar refractivity (Wildman–Crippen MR) is 69.7 cm³/mol. The van der Waals surface area contributed by atoms with Gasteiger partial charge in [-0.3, -0.25) is 0 Å². The van der Waals surface area contributed by atoms with Crippen molar-refractivity contribution in [3.05, 3.63) is 47.5 Å². The van der Waals surface area contributed by atoms with E-state index in [1.807, 2.05) is 18.2 Å². The lowest BCUT2D eigenvalue weighted by Gasteiger charge is -2.06. The van der Waals surface area contributed by atoms with Crippen LogP contribution in [-0.2, 0) is 12.8 Å². The molecular formula is C15H14O4. The van der Waals surface area contributed by atoms with E-state index in [1.165, 1.54) is 0 Å². The van der Waals surface area contributed by atoms with E-state index in [-0.39, 0.29) is 18.3 Å². The molecule has 1 heterocycles. The topological polar surface area (TPSA) is 58.9 Å². The lowest BCUT2D eigenvalue weighted by atomic mass is 10.0. The van der Waals surface area contributed by atoms with Crippen molar-refractivity contribution in [2.75, 3.05) is 6.79 Å². The quantitative estimate of drug-likeness (QED) is 0.888. The van der Waals surface area contributed by atoms with Crippen molar-refractivity contribution in [3.8, 4) is 23.0 Å². The summed E-state index contributed by atoms with van der Waals surface area (Å²) < 4.78 is 10.4. The van der Waals surface area contributed by atoms with Crippen molar-refractivity contribution in [3.63, 3.8) is 0 Å². The molecule has 2 aromatic rings. The molecule has 0 aliphatic carbocycles. The summed E-state index contributed by atoms with van der Waals surface area (Å²) in [6, 6.07) is 10.7. The summed E-state index contributed by atoms with van der Waals surface area (Å²) in [6.07, 6.45) is 1.54. The van der Waals surface area contributed by atoms with Gasteiger partial charge in [0.25, 0.3) is 0 Å². The highest BCUT2D eigenvalue weighted by atomic mass is 16.7. The first kappa shape index (κ1) is 11.7. The summed E-state index contributed by atoms with van der Waals surface area (Å²) in [4.78, 5) is 0. The van der Waals surface area contributed by atoms with E-state index in [0.717, 1.165) is 24.0 Å². The van der Waals surface area contributed by atoms with Gasteiger partial charge >= 0.3 is 0 Å². The molecule has 3 rings (SSSR count). The highest BCUT2D eigenvalue weighted by Gasteiger charge is 2.18. The summed E-state index contributed by atoms with van der Waals surface area (Å²) in [7, 11) is 0. The van der Waals surface area contributed by atoms with Crippen LogP contribution >= 0.6 is 0 Å². The largest absolute Gasteiger partial charge is 0.508 e. The molecule has 1 aliphatic heterocycles. The van der Waals surface area contributed by atoms with E-state index in [2.05, 4.69) is 0 Å². The van der Waals surface area contributed by atoms with E-state index < -0.39 is 0 Å². The minimum Gasteiger partial charge on any atom is -0.508 e. The summed E-state index contributed by atoms with van der Waals surface area (Å²) in [5, 5.41) is 19.2. The smallest absolute Gasteiger partial charge is 0.231 e. The monoisotopic (exact) mass is 258 g/mol. The Morgan fingerprint density at radius 2 is 1.79 bits per heavy atom. The molecule has 0 spiro atoms. The molecule has 0 amide bonds. The molecule has 4 nitrogen and oxygen atoms in total. The first-order valence-corrected chi connectivity index (χ1v) is 6.12. The number of rotatable bonds is 3.